The van der Waals surface area contributed by atoms with Gasteiger partial charge in [-0.3, -0.25) is 0 Å². The Morgan fingerprint density at radius 3 is 2.45 bits per heavy atom. The second-order valence-corrected chi connectivity index (χ2v) is 6.33. The van der Waals surface area contributed by atoms with Crippen molar-refractivity contribution in [1.82, 2.24) is 5.32 Å². The third-order valence-electron chi connectivity index (χ3n) is 5.17. The molecule has 1 N–H and O–H groups in total. The average molecular weight is 294 g/mol. The number of methoxy groups -OCH3 is 1. The highest BCUT2D eigenvalue weighted by molar-refractivity contribution is 5.73. The van der Waals surface area contributed by atoms with Crippen molar-refractivity contribution in [3.05, 3.63) is 54.1 Å². The van der Waals surface area contributed by atoms with Crippen LogP contribution in [0.3, 0.4) is 0 Å². The number of nitrogens with one attached hydrogen (secondary N) is 1. The summed E-state index contributed by atoms with van der Waals surface area (Å²) in [4.78, 5) is 2.47. The van der Waals surface area contributed by atoms with Gasteiger partial charge in [-0.25, -0.2) is 0 Å². The zero-order chi connectivity index (χ0) is 15.0. The fraction of sp³-hybridized carbons (Fsp3) is 0.368. The number of para-hydroxylation sites is 1. The molecule has 0 aromatic heterocycles. The van der Waals surface area contributed by atoms with Crippen LogP contribution in [0.15, 0.2) is 48.5 Å². The van der Waals surface area contributed by atoms with Crippen molar-refractivity contribution in [3.8, 4) is 5.75 Å². The SMILES string of the molecule is COc1ccc(N2CC3(CCNCC3)c3ccccc32)cc1. The summed E-state index contributed by atoms with van der Waals surface area (Å²) in [5, 5.41) is 3.50. The molecule has 2 aliphatic rings. The third kappa shape index (κ3) is 2.08. The average Bonchev–Trinajstić information content (AvgIpc) is 2.90. The third-order valence-corrected chi connectivity index (χ3v) is 5.17. The molecule has 2 heterocycles. The van der Waals surface area contributed by atoms with Crippen molar-refractivity contribution < 1.29 is 4.74 Å². The number of benzene rings is 2. The van der Waals surface area contributed by atoms with Gasteiger partial charge in [0.1, 0.15) is 5.75 Å². The first-order valence-electron chi connectivity index (χ1n) is 8.04. The molecular weight excluding hydrogens is 272 g/mol. The minimum absolute atomic E-state index is 0.307. The lowest BCUT2D eigenvalue weighted by Gasteiger charge is -2.35. The Bertz CT molecular complexity index is 659. The number of rotatable bonds is 2. The predicted octanol–water partition coefficient (Wildman–Crippen LogP) is 3.47. The maximum Gasteiger partial charge on any atom is 0.119 e. The first-order chi connectivity index (χ1) is 10.8. The van der Waals surface area contributed by atoms with E-state index < -0.39 is 0 Å². The van der Waals surface area contributed by atoms with E-state index in [-0.39, 0.29) is 0 Å². The van der Waals surface area contributed by atoms with Gasteiger partial charge in [-0.15, -0.1) is 0 Å². The smallest absolute Gasteiger partial charge is 0.119 e. The molecule has 1 saturated heterocycles. The van der Waals surface area contributed by atoms with E-state index in [1.54, 1.807) is 7.11 Å². The van der Waals surface area contributed by atoms with E-state index in [0.29, 0.717) is 5.41 Å². The highest BCUT2D eigenvalue weighted by Gasteiger charge is 2.43. The zero-order valence-corrected chi connectivity index (χ0v) is 13.0. The van der Waals surface area contributed by atoms with Crippen LogP contribution in [0.4, 0.5) is 11.4 Å². The molecule has 4 rings (SSSR count). The monoisotopic (exact) mass is 294 g/mol. The lowest BCUT2D eigenvalue weighted by molar-refractivity contribution is 0.329. The molecule has 2 aromatic rings. The summed E-state index contributed by atoms with van der Waals surface area (Å²) in [7, 11) is 1.71. The topological polar surface area (TPSA) is 24.5 Å². The molecule has 2 aromatic carbocycles. The predicted molar refractivity (Wildman–Crippen MR) is 90.2 cm³/mol. The molecule has 0 atom stereocenters. The van der Waals surface area contributed by atoms with Gasteiger partial charge in [0.15, 0.2) is 0 Å². The Balaban J connectivity index is 1.75. The van der Waals surface area contributed by atoms with Crippen LogP contribution in [0.1, 0.15) is 18.4 Å². The van der Waals surface area contributed by atoms with Gasteiger partial charge in [0.25, 0.3) is 0 Å². The number of piperidine rings is 1. The summed E-state index contributed by atoms with van der Waals surface area (Å²) < 4.78 is 5.28. The van der Waals surface area contributed by atoms with Crippen molar-refractivity contribution in [2.75, 3.05) is 31.6 Å². The van der Waals surface area contributed by atoms with Crippen LogP contribution in [0.2, 0.25) is 0 Å². The summed E-state index contributed by atoms with van der Waals surface area (Å²) in [6, 6.07) is 17.3. The Kier molecular flexibility index (Phi) is 3.30. The molecule has 3 heteroatoms. The van der Waals surface area contributed by atoms with Crippen molar-refractivity contribution in [3.63, 3.8) is 0 Å². The minimum atomic E-state index is 0.307. The highest BCUT2D eigenvalue weighted by atomic mass is 16.5. The summed E-state index contributed by atoms with van der Waals surface area (Å²) in [5.74, 6) is 0.910. The van der Waals surface area contributed by atoms with Crippen molar-refractivity contribution in [2.24, 2.45) is 0 Å². The van der Waals surface area contributed by atoms with Gasteiger partial charge in [0.2, 0.25) is 0 Å². The molecule has 2 aliphatic heterocycles. The number of ether oxygens (including phenoxy) is 1. The van der Waals surface area contributed by atoms with E-state index in [1.807, 2.05) is 12.1 Å². The number of fused-ring (bicyclic) bond motifs is 2. The lowest BCUT2D eigenvalue weighted by Crippen LogP contribution is -2.42. The zero-order valence-electron chi connectivity index (χ0n) is 13.0. The van der Waals surface area contributed by atoms with Crippen molar-refractivity contribution in [2.45, 2.75) is 18.3 Å². The van der Waals surface area contributed by atoms with Crippen LogP contribution in [0.25, 0.3) is 0 Å². The van der Waals surface area contributed by atoms with Gasteiger partial charge in [0, 0.05) is 23.3 Å². The highest BCUT2D eigenvalue weighted by Crippen LogP contribution is 2.48. The molecule has 114 valence electrons. The summed E-state index contributed by atoms with van der Waals surface area (Å²) >= 11 is 0. The minimum Gasteiger partial charge on any atom is -0.497 e. The van der Waals surface area contributed by atoms with Crippen molar-refractivity contribution >= 4 is 11.4 Å². The van der Waals surface area contributed by atoms with Gasteiger partial charge in [-0.2, -0.15) is 0 Å². The van der Waals surface area contributed by atoms with Crippen LogP contribution in [0, 0.1) is 0 Å². The van der Waals surface area contributed by atoms with E-state index in [2.05, 4.69) is 46.6 Å². The van der Waals surface area contributed by atoms with Crippen molar-refractivity contribution in [1.29, 1.82) is 0 Å². The Morgan fingerprint density at radius 2 is 1.73 bits per heavy atom. The standard InChI is InChI=1S/C19H22N2O/c1-22-16-8-6-15(7-9-16)21-14-19(10-12-20-13-11-19)17-4-2-3-5-18(17)21/h2-9,20H,10-14H2,1H3. The second-order valence-electron chi connectivity index (χ2n) is 6.33. The van der Waals surface area contributed by atoms with Gasteiger partial charge in [-0.05, 0) is 61.8 Å². The molecule has 22 heavy (non-hydrogen) atoms. The molecule has 0 unspecified atom stereocenters. The summed E-state index contributed by atoms with van der Waals surface area (Å²) in [6.45, 7) is 3.32. The molecule has 1 spiro atoms. The summed E-state index contributed by atoms with van der Waals surface area (Å²) in [5.41, 5.74) is 4.45. The van der Waals surface area contributed by atoms with Gasteiger partial charge in [0.05, 0.1) is 7.11 Å². The molecular formula is C19H22N2O. The molecule has 3 nitrogen and oxygen atoms in total. The normalized spacial score (nSPS) is 19.2. The van der Waals surface area contributed by atoms with E-state index in [1.165, 1.54) is 29.8 Å². The number of hydrogen-bond acceptors (Lipinski definition) is 3. The first-order valence-corrected chi connectivity index (χ1v) is 8.04. The number of hydrogen-bond donors (Lipinski definition) is 1. The molecule has 0 saturated carbocycles. The van der Waals surface area contributed by atoms with Gasteiger partial charge < -0.3 is 15.0 Å². The summed E-state index contributed by atoms with van der Waals surface area (Å²) in [6.07, 6.45) is 2.44. The molecule has 0 radical (unpaired) electrons. The van der Waals surface area contributed by atoms with Gasteiger partial charge >= 0.3 is 0 Å². The van der Waals surface area contributed by atoms with Crippen LogP contribution in [-0.4, -0.2) is 26.7 Å². The lowest BCUT2D eigenvalue weighted by atomic mass is 9.75. The molecule has 0 bridgehead atoms. The largest absolute Gasteiger partial charge is 0.497 e. The van der Waals surface area contributed by atoms with E-state index >= 15 is 0 Å². The Hall–Kier alpha value is -2.00. The quantitative estimate of drug-likeness (QED) is 0.918. The van der Waals surface area contributed by atoms with E-state index in [9.17, 15) is 0 Å². The van der Waals surface area contributed by atoms with E-state index in [0.717, 1.165) is 25.4 Å². The maximum absolute atomic E-state index is 5.28. The fourth-order valence-corrected chi connectivity index (χ4v) is 3.96. The molecule has 0 aliphatic carbocycles. The number of nitrogens with zero attached hydrogens (tertiary/aromatic N) is 1. The first kappa shape index (κ1) is 13.6. The molecule has 1 fully saturated rings. The van der Waals surface area contributed by atoms with Crippen LogP contribution in [0.5, 0.6) is 5.75 Å². The number of anilines is 2. The second kappa shape index (κ2) is 5.33. The van der Waals surface area contributed by atoms with Crippen LogP contribution < -0.4 is 15.0 Å². The Morgan fingerprint density at radius 1 is 1.00 bits per heavy atom. The maximum atomic E-state index is 5.28. The molecule has 0 amide bonds. The Labute approximate surface area is 131 Å². The fourth-order valence-electron chi connectivity index (χ4n) is 3.96. The van der Waals surface area contributed by atoms with Gasteiger partial charge in [-0.1, -0.05) is 18.2 Å². The van der Waals surface area contributed by atoms with E-state index in [4.69, 9.17) is 4.74 Å². The van der Waals surface area contributed by atoms with Crippen LogP contribution in [-0.2, 0) is 5.41 Å². The van der Waals surface area contributed by atoms with Crippen LogP contribution >= 0.6 is 0 Å².